The van der Waals surface area contributed by atoms with Gasteiger partial charge in [0.1, 0.15) is 0 Å². The maximum Gasteiger partial charge on any atom is 0.416 e. The lowest BCUT2D eigenvalue weighted by Crippen LogP contribution is -2.19. The minimum absolute atomic E-state index is 0.219. The summed E-state index contributed by atoms with van der Waals surface area (Å²) < 4.78 is 37.5. The molecule has 0 atom stereocenters. The van der Waals surface area contributed by atoms with E-state index in [-0.39, 0.29) is 12.1 Å². The van der Waals surface area contributed by atoms with Crippen LogP contribution in [0.1, 0.15) is 19.4 Å². The van der Waals surface area contributed by atoms with Crippen LogP contribution in [0.3, 0.4) is 0 Å². The predicted octanol–water partition coefficient (Wildman–Crippen LogP) is 2.95. The van der Waals surface area contributed by atoms with Crippen LogP contribution in [0.5, 0.6) is 0 Å². The van der Waals surface area contributed by atoms with Gasteiger partial charge in [-0.2, -0.15) is 13.2 Å². The quantitative estimate of drug-likeness (QED) is 0.687. The van der Waals surface area contributed by atoms with E-state index in [1.165, 1.54) is 30.3 Å². The van der Waals surface area contributed by atoms with Crippen molar-refractivity contribution in [3.8, 4) is 0 Å². The Bertz CT molecular complexity index is 499. The highest BCUT2D eigenvalue weighted by molar-refractivity contribution is 5.94. The molecule has 0 bridgehead atoms. The first-order chi connectivity index (χ1) is 9.84. The van der Waals surface area contributed by atoms with Crippen molar-refractivity contribution in [3.05, 3.63) is 42.1 Å². The molecule has 2 amide bonds. The van der Waals surface area contributed by atoms with Gasteiger partial charge in [0.05, 0.1) is 5.56 Å². The van der Waals surface area contributed by atoms with E-state index in [1.807, 2.05) is 19.2 Å². The van der Waals surface area contributed by atoms with Gasteiger partial charge in [-0.05, 0) is 18.2 Å². The van der Waals surface area contributed by atoms with Crippen molar-refractivity contribution in [2.45, 2.75) is 20.0 Å². The molecule has 1 aromatic rings. The summed E-state index contributed by atoms with van der Waals surface area (Å²) in [4.78, 5) is 22.3. The Morgan fingerprint density at radius 1 is 1.29 bits per heavy atom. The number of amides is 2. The van der Waals surface area contributed by atoms with Gasteiger partial charge in [0, 0.05) is 25.0 Å². The highest BCUT2D eigenvalue weighted by Gasteiger charge is 2.30. The number of anilines is 1. The van der Waals surface area contributed by atoms with Gasteiger partial charge in [-0.1, -0.05) is 19.9 Å². The van der Waals surface area contributed by atoms with Crippen molar-refractivity contribution < 1.29 is 22.8 Å². The Hall–Kier alpha value is -2.31. The summed E-state index contributed by atoms with van der Waals surface area (Å²) in [6.45, 7) is 4.00. The number of nitrogens with zero attached hydrogens (tertiary/aromatic N) is 1. The highest BCUT2D eigenvalue weighted by atomic mass is 19.4. The minimum Gasteiger partial charge on any atom is -0.351 e. The zero-order valence-electron chi connectivity index (χ0n) is 11.9. The van der Waals surface area contributed by atoms with Crippen LogP contribution in [0, 0.1) is 0 Å². The average Bonchev–Trinajstić information content (AvgIpc) is 2.46. The number of halogens is 3. The van der Waals surface area contributed by atoms with E-state index in [0.29, 0.717) is 0 Å². The summed E-state index contributed by atoms with van der Waals surface area (Å²) >= 11 is 0. The second-order valence-electron chi connectivity index (χ2n) is 3.60. The second kappa shape index (κ2) is 8.78. The summed E-state index contributed by atoms with van der Waals surface area (Å²) in [5.74, 6) is -0.658. The number of hydrogen-bond acceptors (Lipinski definition) is 3. The maximum atomic E-state index is 12.5. The smallest absolute Gasteiger partial charge is 0.351 e. The third kappa shape index (κ3) is 6.60. The van der Waals surface area contributed by atoms with Crippen molar-refractivity contribution in [2.24, 2.45) is 0 Å². The molecule has 0 radical (unpaired) electrons. The largest absolute Gasteiger partial charge is 0.416 e. The lowest BCUT2D eigenvalue weighted by molar-refractivity contribution is -0.137. The van der Waals surface area contributed by atoms with E-state index < -0.39 is 17.6 Å². The monoisotopic (exact) mass is 302 g/mol. The number of hydrogen-bond donors (Lipinski definition) is 1. The lowest BCUT2D eigenvalue weighted by Gasteiger charge is -2.16. The number of imide groups is 1. The Balaban J connectivity index is 0.00000191. The summed E-state index contributed by atoms with van der Waals surface area (Å²) in [7, 11) is 1.49. The molecule has 0 saturated carbocycles. The molecule has 0 aliphatic carbocycles. The third-order valence-corrected chi connectivity index (χ3v) is 2.23. The standard InChI is InChI=1S/C12H11F3N2O2.C2H6/c1-17(6-5-11(19)16-8-18)10-4-2-3-9(7-10)12(13,14)15;1-2/h2-8H,1H3,(H,16,18,19);1-2H3/b6-5-;. The summed E-state index contributed by atoms with van der Waals surface area (Å²) in [6.07, 6.45) is -1.91. The molecule has 4 nitrogen and oxygen atoms in total. The molecular formula is C14H17F3N2O2. The van der Waals surface area contributed by atoms with Crippen LogP contribution in [-0.4, -0.2) is 19.4 Å². The Labute approximate surface area is 121 Å². The summed E-state index contributed by atoms with van der Waals surface area (Å²) in [5.41, 5.74) is -0.507. The van der Waals surface area contributed by atoms with Gasteiger partial charge in [-0.25, -0.2) is 0 Å². The van der Waals surface area contributed by atoms with Gasteiger partial charge in [0.2, 0.25) is 6.41 Å². The lowest BCUT2D eigenvalue weighted by atomic mass is 10.2. The molecule has 0 heterocycles. The Kier molecular flexibility index (Phi) is 7.81. The van der Waals surface area contributed by atoms with Crippen molar-refractivity contribution in [3.63, 3.8) is 0 Å². The fourth-order valence-electron chi connectivity index (χ4n) is 1.27. The first-order valence-electron chi connectivity index (χ1n) is 6.17. The van der Waals surface area contributed by atoms with Crippen LogP contribution in [0.4, 0.5) is 18.9 Å². The molecule has 0 unspecified atom stereocenters. The zero-order valence-corrected chi connectivity index (χ0v) is 11.9. The molecule has 0 aliphatic heterocycles. The molecule has 1 N–H and O–H groups in total. The van der Waals surface area contributed by atoms with Crippen LogP contribution in [0.25, 0.3) is 0 Å². The Morgan fingerprint density at radius 2 is 1.90 bits per heavy atom. The molecule has 116 valence electrons. The number of benzene rings is 1. The molecular weight excluding hydrogens is 285 g/mol. The van der Waals surface area contributed by atoms with Crippen LogP contribution in [-0.2, 0) is 15.8 Å². The third-order valence-electron chi connectivity index (χ3n) is 2.23. The maximum absolute atomic E-state index is 12.5. The van der Waals surface area contributed by atoms with E-state index in [0.717, 1.165) is 18.2 Å². The normalized spacial score (nSPS) is 10.6. The number of rotatable bonds is 4. The van der Waals surface area contributed by atoms with Gasteiger partial charge >= 0.3 is 6.18 Å². The van der Waals surface area contributed by atoms with E-state index in [1.54, 1.807) is 0 Å². The molecule has 0 spiro atoms. The van der Waals surface area contributed by atoms with Crippen LogP contribution >= 0.6 is 0 Å². The van der Waals surface area contributed by atoms with Crippen LogP contribution < -0.4 is 10.2 Å². The van der Waals surface area contributed by atoms with E-state index in [9.17, 15) is 22.8 Å². The van der Waals surface area contributed by atoms with Gasteiger partial charge in [-0.3, -0.25) is 14.9 Å². The van der Waals surface area contributed by atoms with Crippen LogP contribution in [0.2, 0.25) is 0 Å². The molecule has 0 aliphatic rings. The Morgan fingerprint density at radius 3 is 2.43 bits per heavy atom. The number of carbonyl (C=O) groups is 2. The molecule has 1 aromatic carbocycles. The van der Waals surface area contributed by atoms with Crippen molar-refractivity contribution in [1.29, 1.82) is 0 Å². The van der Waals surface area contributed by atoms with Gasteiger partial charge < -0.3 is 4.90 Å². The zero-order chi connectivity index (χ0) is 16.5. The summed E-state index contributed by atoms with van der Waals surface area (Å²) in [6, 6.07) is 4.66. The molecule has 0 fully saturated rings. The van der Waals surface area contributed by atoms with Crippen molar-refractivity contribution >= 4 is 18.0 Å². The van der Waals surface area contributed by atoms with E-state index >= 15 is 0 Å². The van der Waals surface area contributed by atoms with E-state index in [4.69, 9.17) is 0 Å². The number of nitrogens with one attached hydrogen (secondary N) is 1. The SMILES string of the molecule is CC.CN(/C=C\C(=O)NC=O)c1cccc(C(F)(F)F)c1. The average molecular weight is 302 g/mol. The topological polar surface area (TPSA) is 49.4 Å². The second-order valence-corrected chi connectivity index (χ2v) is 3.60. The van der Waals surface area contributed by atoms with Gasteiger partial charge in [-0.15, -0.1) is 0 Å². The molecule has 0 aromatic heterocycles. The fraction of sp³-hybridized carbons (Fsp3) is 0.286. The first kappa shape index (κ1) is 18.7. The molecule has 21 heavy (non-hydrogen) atoms. The molecule has 1 rings (SSSR count). The first-order valence-corrected chi connectivity index (χ1v) is 6.17. The van der Waals surface area contributed by atoms with Crippen molar-refractivity contribution in [1.82, 2.24) is 5.32 Å². The fourth-order valence-corrected chi connectivity index (χ4v) is 1.27. The van der Waals surface area contributed by atoms with Gasteiger partial charge in [0.15, 0.2) is 0 Å². The van der Waals surface area contributed by atoms with Crippen molar-refractivity contribution in [2.75, 3.05) is 11.9 Å². The number of alkyl halides is 3. The minimum atomic E-state index is -4.42. The van der Waals surface area contributed by atoms with E-state index in [2.05, 4.69) is 0 Å². The number of carbonyl (C=O) groups excluding carboxylic acids is 2. The van der Waals surface area contributed by atoms with Crippen LogP contribution in [0.15, 0.2) is 36.5 Å². The van der Waals surface area contributed by atoms with Gasteiger partial charge in [0.25, 0.3) is 5.91 Å². The highest BCUT2D eigenvalue weighted by Crippen LogP contribution is 2.31. The summed E-state index contributed by atoms with van der Waals surface area (Å²) in [5, 5.41) is 1.88. The predicted molar refractivity (Wildman–Crippen MR) is 74.5 cm³/mol. The molecule has 7 heteroatoms. The molecule has 0 saturated heterocycles.